The van der Waals surface area contributed by atoms with E-state index in [2.05, 4.69) is 29.1 Å². The molecule has 1 N–H and O–H groups in total. The highest BCUT2D eigenvalue weighted by Crippen LogP contribution is 2.38. The minimum Gasteiger partial charge on any atom is -0.298 e. The topological polar surface area (TPSA) is 54.9 Å². The molecule has 0 aliphatic rings. The Kier molecular flexibility index (Phi) is 5.41. The maximum absolute atomic E-state index is 12.7. The van der Waals surface area contributed by atoms with Crippen molar-refractivity contribution in [2.24, 2.45) is 0 Å². The van der Waals surface area contributed by atoms with Gasteiger partial charge in [0.1, 0.15) is 0 Å². The Morgan fingerprint density at radius 2 is 1.81 bits per heavy atom. The molecule has 0 spiro atoms. The van der Waals surface area contributed by atoms with Crippen LogP contribution in [-0.2, 0) is 0 Å². The lowest BCUT2D eigenvalue weighted by Crippen LogP contribution is -2.11. The molecule has 0 aliphatic heterocycles. The summed E-state index contributed by atoms with van der Waals surface area (Å²) in [5.74, 6) is -0.134. The number of aromatic nitrogens is 2. The predicted octanol–water partition coefficient (Wildman–Crippen LogP) is 6.38. The Bertz CT molecular complexity index is 1130. The van der Waals surface area contributed by atoms with E-state index in [4.69, 9.17) is 0 Å². The molecule has 2 heterocycles. The fraction of sp³-hybridized carbons (Fsp3) is 0.211. The monoisotopic (exact) mass is 431 g/mol. The second-order valence-corrected chi connectivity index (χ2v) is 10.8. The third kappa shape index (κ3) is 3.99. The van der Waals surface area contributed by atoms with Crippen molar-refractivity contribution in [1.82, 2.24) is 9.97 Å². The number of carbonyl (C=O) groups excluding carboxylic acids is 1. The standard InChI is InChI=1S/C19H17N3OS4/c1-10(2)25-12-6-4-5-11(9-12)17(23)22-18-20-13-7-8-14-16(15(13)26-18)27-19(21-14)24-3/h4-10H,1-3H3,(H,20,22,23). The summed E-state index contributed by atoms with van der Waals surface area (Å²) in [4.78, 5) is 23.0. The van der Waals surface area contributed by atoms with Crippen molar-refractivity contribution >= 4 is 77.7 Å². The normalized spacial score (nSPS) is 11.6. The van der Waals surface area contributed by atoms with E-state index in [0.717, 1.165) is 29.7 Å². The number of rotatable bonds is 5. The van der Waals surface area contributed by atoms with Crippen molar-refractivity contribution in [3.63, 3.8) is 0 Å². The SMILES string of the molecule is CSc1nc2ccc3nc(NC(=O)c4cccc(SC(C)C)c4)sc3c2s1. The third-order valence-electron chi connectivity index (χ3n) is 3.76. The first-order chi connectivity index (χ1) is 13.0. The van der Waals surface area contributed by atoms with Gasteiger partial charge in [-0.3, -0.25) is 10.1 Å². The predicted molar refractivity (Wildman–Crippen MR) is 120 cm³/mol. The number of anilines is 1. The van der Waals surface area contributed by atoms with Gasteiger partial charge in [-0.15, -0.1) is 23.1 Å². The largest absolute Gasteiger partial charge is 0.298 e. The Labute approximate surface area is 173 Å². The fourth-order valence-electron chi connectivity index (χ4n) is 2.65. The van der Waals surface area contributed by atoms with Crippen LogP contribution in [0.3, 0.4) is 0 Å². The number of thiazole rings is 2. The van der Waals surface area contributed by atoms with Crippen molar-refractivity contribution in [3.05, 3.63) is 42.0 Å². The second kappa shape index (κ2) is 7.79. The number of nitrogens with one attached hydrogen (secondary N) is 1. The molecule has 0 saturated carbocycles. The summed E-state index contributed by atoms with van der Waals surface area (Å²) in [6.45, 7) is 4.28. The van der Waals surface area contributed by atoms with E-state index in [1.165, 1.54) is 11.3 Å². The summed E-state index contributed by atoms with van der Waals surface area (Å²) in [6.07, 6.45) is 2.03. The minimum atomic E-state index is -0.134. The van der Waals surface area contributed by atoms with Gasteiger partial charge in [0.15, 0.2) is 9.47 Å². The number of fused-ring (bicyclic) bond motifs is 3. The number of thioether (sulfide) groups is 2. The Morgan fingerprint density at radius 3 is 2.56 bits per heavy atom. The Balaban J connectivity index is 1.62. The quantitative estimate of drug-likeness (QED) is 0.372. The maximum atomic E-state index is 12.7. The molecule has 0 aliphatic carbocycles. The molecule has 4 aromatic rings. The van der Waals surface area contributed by atoms with Crippen LogP contribution in [-0.4, -0.2) is 27.4 Å². The summed E-state index contributed by atoms with van der Waals surface area (Å²) in [6, 6.07) is 11.7. The van der Waals surface area contributed by atoms with E-state index in [-0.39, 0.29) is 5.91 Å². The van der Waals surface area contributed by atoms with Crippen molar-refractivity contribution in [2.75, 3.05) is 11.6 Å². The average Bonchev–Trinajstić information content (AvgIpc) is 3.24. The van der Waals surface area contributed by atoms with Gasteiger partial charge in [-0.25, -0.2) is 9.97 Å². The summed E-state index contributed by atoms with van der Waals surface area (Å²) in [7, 11) is 0. The summed E-state index contributed by atoms with van der Waals surface area (Å²) < 4.78 is 3.24. The smallest absolute Gasteiger partial charge is 0.257 e. The molecule has 8 heteroatoms. The molecule has 4 rings (SSSR count). The molecule has 0 unspecified atom stereocenters. The van der Waals surface area contributed by atoms with Crippen molar-refractivity contribution in [3.8, 4) is 0 Å². The molecule has 138 valence electrons. The zero-order chi connectivity index (χ0) is 19.0. The van der Waals surface area contributed by atoms with Crippen LogP contribution >= 0.6 is 46.2 Å². The molecule has 0 atom stereocenters. The zero-order valence-corrected chi connectivity index (χ0v) is 18.2. The number of benzene rings is 2. The van der Waals surface area contributed by atoms with Crippen LogP contribution in [0.4, 0.5) is 5.13 Å². The van der Waals surface area contributed by atoms with Crippen LogP contribution < -0.4 is 5.32 Å². The Hall–Kier alpha value is -1.61. The van der Waals surface area contributed by atoms with E-state index in [1.807, 2.05) is 42.7 Å². The number of hydrogen-bond donors (Lipinski definition) is 1. The van der Waals surface area contributed by atoms with Gasteiger partial charge in [-0.1, -0.05) is 43.0 Å². The number of amides is 1. The molecule has 2 aromatic carbocycles. The van der Waals surface area contributed by atoms with Gasteiger partial charge < -0.3 is 0 Å². The van der Waals surface area contributed by atoms with Gasteiger partial charge in [0.25, 0.3) is 5.91 Å². The molecular formula is C19H17N3OS4. The van der Waals surface area contributed by atoms with Crippen LogP contribution in [0.1, 0.15) is 24.2 Å². The van der Waals surface area contributed by atoms with Gasteiger partial charge >= 0.3 is 0 Å². The molecule has 4 nitrogen and oxygen atoms in total. The summed E-state index contributed by atoms with van der Waals surface area (Å²) in [5, 5.41) is 4.04. The Morgan fingerprint density at radius 1 is 1.07 bits per heavy atom. The van der Waals surface area contributed by atoms with Crippen LogP contribution in [0.15, 0.2) is 45.6 Å². The third-order valence-corrected chi connectivity index (χ3v) is 7.96. The summed E-state index contributed by atoms with van der Waals surface area (Å²) in [5.41, 5.74) is 2.52. The molecule has 2 aromatic heterocycles. The molecule has 0 fully saturated rings. The van der Waals surface area contributed by atoms with Gasteiger partial charge in [0, 0.05) is 15.7 Å². The fourth-order valence-corrected chi connectivity index (χ4v) is 6.20. The zero-order valence-electron chi connectivity index (χ0n) is 15.0. The molecule has 1 amide bonds. The van der Waals surface area contributed by atoms with E-state index in [0.29, 0.717) is 15.9 Å². The number of nitrogens with zero attached hydrogens (tertiary/aromatic N) is 2. The highest BCUT2D eigenvalue weighted by atomic mass is 32.2. The highest BCUT2D eigenvalue weighted by Gasteiger charge is 2.14. The van der Waals surface area contributed by atoms with Crippen LogP contribution in [0.5, 0.6) is 0 Å². The van der Waals surface area contributed by atoms with Crippen molar-refractivity contribution in [2.45, 2.75) is 28.3 Å². The first-order valence-corrected chi connectivity index (χ1v) is 12.1. The molecule has 0 radical (unpaired) electrons. The molecular weight excluding hydrogens is 414 g/mol. The lowest BCUT2D eigenvalue weighted by molar-refractivity contribution is 0.102. The van der Waals surface area contributed by atoms with Crippen molar-refractivity contribution < 1.29 is 4.79 Å². The van der Waals surface area contributed by atoms with Crippen LogP contribution in [0.2, 0.25) is 0 Å². The minimum absolute atomic E-state index is 0.134. The average molecular weight is 432 g/mol. The number of carbonyl (C=O) groups is 1. The summed E-state index contributed by atoms with van der Waals surface area (Å²) >= 11 is 6.56. The first-order valence-electron chi connectivity index (χ1n) is 8.35. The van der Waals surface area contributed by atoms with Gasteiger partial charge in [0.05, 0.1) is 20.4 Å². The maximum Gasteiger partial charge on any atom is 0.257 e. The highest BCUT2D eigenvalue weighted by molar-refractivity contribution is 8.00. The molecule has 27 heavy (non-hydrogen) atoms. The molecule has 0 bridgehead atoms. The van der Waals surface area contributed by atoms with Crippen LogP contribution in [0.25, 0.3) is 20.4 Å². The lowest BCUT2D eigenvalue weighted by atomic mass is 10.2. The van der Waals surface area contributed by atoms with E-state index >= 15 is 0 Å². The van der Waals surface area contributed by atoms with E-state index in [9.17, 15) is 4.79 Å². The van der Waals surface area contributed by atoms with Gasteiger partial charge in [0.2, 0.25) is 0 Å². The van der Waals surface area contributed by atoms with E-state index in [1.54, 1.807) is 34.9 Å². The first kappa shape index (κ1) is 18.7. The second-order valence-electron chi connectivity index (χ2n) is 6.11. The van der Waals surface area contributed by atoms with Crippen molar-refractivity contribution in [1.29, 1.82) is 0 Å². The molecule has 0 saturated heterocycles. The van der Waals surface area contributed by atoms with Crippen LogP contribution in [0, 0.1) is 0 Å². The lowest BCUT2D eigenvalue weighted by Gasteiger charge is -2.07. The number of hydrogen-bond acceptors (Lipinski definition) is 7. The van der Waals surface area contributed by atoms with Gasteiger partial charge in [-0.05, 0) is 36.6 Å². The van der Waals surface area contributed by atoms with Gasteiger partial charge in [-0.2, -0.15) is 0 Å². The van der Waals surface area contributed by atoms with E-state index < -0.39 is 0 Å².